The molecule has 4 heteroatoms. The molecule has 0 saturated heterocycles. The second-order valence-electron chi connectivity index (χ2n) is 4.73. The zero-order valence-corrected chi connectivity index (χ0v) is 10.5. The molecule has 1 N–H and O–H groups in total. The van der Waals surface area contributed by atoms with Gasteiger partial charge in [-0.15, -0.1) is 0 Å². The third kappa shape index (κ3) is 2.10. The van der Waals surface area contributed by atoms with Crippen LogP contribution < -0.4 is 10.1 Å². The van der Waals surface area contributed by atoms with E-state index in [0.717, 1.165) is 22.5 Å². The molecular formula is C14H17N3O. The van der Waals surface area contributed by atoms with E-state index < -0.39 is 0 Å². The van der Waals surface area contributed by atoms with Gasteiger partial charge in [-0.05, 0) is 31.0 Å². The molecule has 1 aromatic heterocycles. The van der Waals surface area contributed by atoms with Crippen LogP contribution in [-0.2, 0) is 0 Å². The van der Waals surface area contributed by atoms with Crippen LogP contribution in [0.4, 0.5) is 5.82 Å². The lowest BCUT2D eigenvalue weighted by Gasteiger charge is -2.14. The molecular weight excluding hydrogens is 226 g/mol. The van der Waals surface area contributed by atoms with E-state index in [0.29, 0.717) is 6.04 Å². The van der Waals surface area contributed by atoms with Crippen LogP contribution >= 0.6 is 0 Å². The summed E-state index contributed by atoms with van der Waals surface area (Å²) in [6.07, 6.45) is 6.70. The van der Waals surface area contributed by atoms with E-state index in [2.05, 4.69) is 15.3 Å². The van der Waals surface area contributed by atoms with Crippen LogP contribution in [0.3, 0.4) is 0 Å². The first kappa shape index (κ1) is 11.3. The predicted octanol–water partition coefficient (Wildman–Crippen LogP) is 2.99. The van der Waals surface area contributed by atoms with Gasteiger partial charge in [-0.3, -0.25) is 0 Å². The maximum Gasteiger partial charge on any atom is 0.137 e. The van der Waals surface area contributed by atoms with Crippen LogP contribution in [0.1, 0.15) is 25.7 Å². The quantitative estimate of drug-likeness (QED) is 0.900. The summed E-state index contributed by atoms with van der Waals surface area (Å²) in [7, 11) is 1.68. The maximum absolute atomic E-state index is 5.26. The third-order valence-corrected chi connectivity index (χ3v) is 3.54. The van der Waals surface area contributed by atoms with Crippen LogP contribution in [0.2, 0.25) is 0 Å². The molecule has 0 unspecified atom stereocenters. The first-order valence-corrected chi connectivity index (χ1v) is 6.42. The van der Waals surface area contributed by atoms with Crippen LogP contribution in [-0.4, -0.2) is 23.1 Å². The van der Waals surface area contributed by atoms with Crippen LogP contribution in [0.15, 0.2) is 24.5 Å². The van der Waals surface area contributed by atoms with E-state index >= 15 is 0 Å². The number of nitrogens with one attached hydrogen (secondary N) is 1. The number of methoxy groups -OCH3 is 1. The summed E-state index contributed by atoms with van der Waals surface area (Å²) >= 11 is 0. The fraction of sp³-hybridized carbons (Fsp3) is 0.429. The topological polar surface area (TPSA) is 47.0 Å². The van der Waals surface area contributed by atoms with Gasteiger partial charge in [0.25, 0.3) is 0 Å². The zero-order valence-electron chi connectivity index (χ0n) is 10.5. The summed E-state index contributed by atoms with van der Waals surface area (Å²) in [6.45, 7) is 0. The summed E-state index contributed by atoms with van der Waals surface area (Å²) in [5.41, 5.74) is 0.950. The average Bonchev–Trinajstić information content (AvgIpc) is 2.91. The Morgan fingerprint density at radius 1 is 1.22 bits per heavy atom. The Morgan fingerprint density at radius 3 is 2.83 bits per heavy atom. The molecule has 1 fully saturated rings. The van der Waals surface area contributed by atoms with E-state index in [1.165, 1.54) is 25.7 Å². The summed E-state index contributed by atoms with van der Waals surface area (Å²) in [5, 5.41) is 4.56. The smallest absolute Gasteiger partial charge is 0.137 e. The minimum atomic E-state index is 0.550. The van der Waals surface area contributed by atoms with Gasteiger partial charge in [0, 0.05) is 11.4 Å². The van der Waals surface area contributed by atoms with Crippen molar-refractivity contribution in [3.8, 4) is 5.75 Å². The number of fused-ring (bicyclic) bond motifs is 1. The Balaban J connectivity index is 1.98. The first-order chi connectivity index (χ1) is 8.86. The molecule has 1 aromatic carbocycles. The second-order valence-corrected chi connectivity index (χ2v) is 4.73. The Kier molecular flexibility index (Phi) is 3.00. The Labute approximate surface area is 106 Å². The lowest BCUT2D eigenvalue weighted by molar-refractivity contribution is 0.415. The van der Waals surface area contributed by atoms with Crippen LogP contribution in [0.25, 0.3) is 10.9 Å². The van der Waals surface area contributed by atoms with Gasteiger partial charge < -0.3 is 10.1 Å². The molecule has 1 saturated carbocycles. The number of nitrogens with zero attached hydrogens (tertiary/aromatic N) is 2. The first-order valence-electron chi connectivity index (χ1n) is 6.42. The van der Waals surface area contributed by atoms with E-state index in [1.54, 1.807) is 13.4 Å². The number of aromatic nitrogens is 2. The van der Waals surface area contributed by atoms with E-state index in [-0.39, 0.29) is 0 Å². The van der Waals surface area contributed by atoms with Gasteiger partial charge in [-0.2, -0.15) is 0 Å². The van der Waals surface area contributed by atoms with Crippen molar-refractivity contribution in [2.75, 3.05) is 12.4 Å². The highest BCUT2D eigenvalue weighted by atomic mass is 16.5. The fourth-order valence-corrected chi connectivity index (χ4v) is 2.54. The van der Waals surface area contributed by atoms with Crippen molar-refractivity contribution in [3.63, 3.8) is 0 Å². The molecule has 1 aliphatic rings. The third-order valence-electron chi connectivity index (χ3n) is 3.54. The van der Waals surface area contributed by atoms with Crippen molar-refractivity contribution >= 4 is 16.7 Å². The SMILES string of the molecule is COc1ccc2ncnc(NC3CCCC3)c2c1. The average molecular weight is 243 g/mol. The second kappa shape index (κ2) is 4.80. The van der Waals surface area contributed by atoms with Crippen molar-refractivity contribution in [2.24, 2.45) is 0 Å². The highest BCUT2D eigenvalue weighted by Gasteiger charge is 2.16. The molecule has 0 radical (unpaired) electrons. The van der Waals surface area contributed by atoms with Crippen LogP contribution in [0, 0.1) is 0 Å². The van der Waals surface area contributed by atoms with Crippen molar-refractivity contribution in [1.29, 1.82) is 0 Å². The number of benzene rings is 1. The Morgan fingerprint density at radius 2 is 2.06 bits per heavy atom. The molecule has 1 heterocycles. The van der Waals surface area contributed by atoms with Gasteiger partial charge in [0.15, 0.2) is 0 Å². The van der Waals surface area contributed by atoms with Gasteiger partial charge >= 0.3 is 0 Å². The molecule has 18 heavy (non-hydrogen) atoms. The van der Waals surface area contributed by atoms with Crippen LogP contribution in [0.5, 0.6) is 5.75 Å². The lowest BCUT2D eigenvalue weighted by Crippen LogP contribution is -2.15. The monoisotopic (exact) mass is 243 g/mol. The molecule has 0 aliphatic heterocycles. The number of hydrogen-bond acceptors (Lipinski definition) is 4. The van der Waals surface area contributed by atoms with Crippen molar-refractivity contribution < 1.29 is 4.74 Å². The Bertz CT molecular complexity index is 550. The van der Waals surface area contributed by atoms with Crippen molar-refractivity contribution in [1.82, 2.24) is 9.97 Å². The molecule has 94 valence electrons. The molecule has 0 amide bonds. The minimum Gasteiger partial charge on any atom is -0.497 e. The normalized spacial score (nSPS) is 16.1. The van der Waals surface area contributed by atoms with E-state index in [1.807, 2.05) is 18.2 Å². The summed E-state index contributed by atoms with van der Waals surface area (Å²) in [5.74, 6) is 1.76. The summed E-state index contributed by atoms with van der Waals surface area (Å²) in [4.78, 5) is 8.65. The highest BCUT2D eigenvalue weighted by molar-refractivity contribution is 5.90. The largest absolute Gasteiger partial charge is 0.497 e. The van der Waals surface area contributed by atoms with Crippen molar-refractivity contribution in [3.05, 3.63) is 24.5 Å². The van der Waals surface area contributed by atoms with Gasteiger partial charge in [0.1, 0.15) is 17.9 Å². The minimum absolute atomic E-state index is 0.550. The van der Waals surface area contributed by atoms with Gasteiger partial charge in [-0.25, -0.2) is 9.97 Å². The number of ether oxygens (including phenoxy) is 1. The maximum atomic E-state index is 5.26. The number of hydrogen-bond donors (Lipinski definition) is 1. The number of anilines is 1. The predicted molar refractivity (Wildman–Crippen MR) is 72.0 cm³/mol. The molecule has 0 bridgehead atoms. The summed E-state index contributed by atoms with van der Waals surface area (Å²) < 4.78 is 5.26. The van der Waals surface area contributed by atoms with Gasteiger partial charge in [0.2, 0.25) is 0 Å². The summed E-state index contributed by atoms with van der Waals surface area (Å²) in [6, 6.07) is 6.44. The molecule has 3 rings (SSSR count). The highest BCUT2D eigenvalue weighted by Crippen LogP contribution is 2.27. The van der Waals surface area contributed by atoms with Gasteiger partial charge in [0.05, 0.1) is 12.6 Å². The fourth-order valence-electron chi connectivity index (χ4n) is 2.54. The Hall–Kier alpha value is -1.84. The standard InChI is InChI=1S/C14H17N3O/c1-18-11-6-7-13-12(8-11)14(16-9-15-13)17-10-4-2-3-5-10/h6-10H,2-5H2,1H3,(H,15,16,17). The van der Waals surface area contributed by atoms with Gasteiger partial charge in [-0.1, -0.05) is 12.8 Å². The number of rotatable bonds is 3. The molecule has 1 aliphatic carbocycles. The molecule has 4 nitrogen and oxygen atoms in total. The molecule has 2 aromatic rings. The van der Waals surface area contributed by atoms with Crippen molar-refractivity contribution in [2.45, 2.75) is 31.7 Å². The molecule has 0 atom stereocenters. The zero-order chi connectivity index (χ0) is 12.4. The van der Waals surface area contributed by atoms with E-state index in [4.69, 9.17) is 4.74 Å². The lowest BCUT2D eigenvalue weighted by atomic mass is 10.2. The molecule has 0 spiro atoms. The van der Waals surface area contributed by atoms with E-state index in [9.17, 15) is 0 Å².